The van der Waals surface area contributed by atoms with E-state index in [4.69, 9.17) is 5.11 Å². The standard InChI is InChI=1S/C15H14N4O5S/c1-10-8-16-15(17-9-10)19-25(23,24)12-4-2-11(3-5-12)18-13(20)6-7-14(21)22/h2-9H,1H3,(H,18,20)(H,21,22)(H,16,17,19)/b7-6+. The lowest BCUT2D eigenvalue weighted by atomic mass is 10.3. The number of nitrogens with one attached hydrogen (secondary N) is 2. The van der Waals surface area contributed by atoms with Gasteiger partial charge in [-0.15, -0.1) is 0 Å². The molecule has 0 unspecified atom stereocenters. The largest absolute Gasteiger partial charge is 0.478 e. The van der Waals surface area contributed by atoms with Gasteiger partial charge in [-0.25, -0.2) is 27.9 Å². The molecule has 0 atom stereocenters. The SMILES string of the molecule is Cc1cnc(NS(=O)(=O)c2ccc(NC(=O)/C=C/C(=O)O)cc2)nc1. The molecule has 2 rings (SSSR count). The lowest BCUT2D eigenvalue weighted by Gasteiger charge is -2.08. The second-order valence-electron chi connectivity index (χ2n) is 4.87. The number of hydrogen-bond acceptors (Lipinski definition) is 6. The summed E-state index contributed by atoms with van der Waals surface area (Å²) < 4.78 is 26.7. The van der Waals surface area contributed by atoms with Crippen molar-refractivity contribution >= 4 is 33.5 Å². The van der Waals surface area contributed by atoms with Crippen LogP contribution in [0.3, 0.4) is 0 Å². The van der Waals surface area contributed by atoms with Crippen LogP contribution in [-0.2, 0) is 19.6 Å². The summed E-state index contributed by atoms with van der Waals surface area (Å²) in [5.74, 6) is -1.95. The summed E-state index contributed by atoms with van der Waals surface area (Å²) in [5, 5.41) is 10.8. The molecule has 0 saturated carbocycles. The van der Waals surface area contributed by atoms with Gasteiger partial charge < -0.3 is 10.4 Å². The number of sulfonamides is 1. The fraction of sp³-hybridized carbons (Fsp3) is 0.0667. The molecule has 0 bridgehead atoms. The molecule has 130 valence electrons. The summed E-state index contributed by atoms with van der Waals surface area (Å²) in [6.45, 7) is 1.77. The molecule has 0 fully saturated rings. The molecule has 1 amide bonds. The number of carboxylic acid groups (broad SMARTS) is 1. The van der Waals surface area contributed by atoms with E-state index in [0.717, 1.165) is 11.6 Å². The van der Waals surface area contributed by atoms with Crippen molar-refractivity contribution in [1.82, 2.24) is 9.97 Å². The van der Waals surface area contributed by atoms with Crippen LogP contribution in [0.15, 0.2) is 53.7 Å². The third-order valence-electron chi connectivity index (χ3n) is 2.82. The minimum Gasteiger partial charge on any atom is -0.478 e. The highest BCUT2D eigenvalue weighted by Gasteiger charge is 2.15. The fourth-order valence-electron chi connectivity index (χ4n) is 1.67. The van der Waals surface area contributed by atoms with Crippen LogP contribution in [0, 0.1) is 6.92 Å². The zero-order valence-corrected chi connectivity index (χ0v) is 13.8. The van der Waals surface area contributed by atoms with Gasteiger partial charge in [0.15, 0.2) is 0 Å². The van der Waals surface area contributed by atoms with Crippen molar-refractivity contribution in [3.8, 4) is 0 Å². The number of carbonyl (C=O) groups is 2. The van der Waals surface area contributed by atoms with Crippen molar-refractivity contribution in [1.29, 1.82) is 0 Å². The molecular formula is C15H14N4O5S. The number of hydrogen-bond donors (Lipinski definition) is 3. The first-order valence-electron chi connectivity index (χ1n) is 6.90. The molecule has 1 heterocycles. The van der Waals surface area contributed by atoms with Gasteiger partial charge >= 0.3 is 5.97 Å². The van der Waals surface area contributed by atoms with E-state index in [-0.39, 0.29) is 10.8 Å². The van der Waals surface area contributed by atoms with Crippen molar-refractivity contribution in [2.45, 2.75) is 11.8 Å². The number of aromatic nitrogens is 2. The lowest BCUT2D eigenvalue weighted by molar-refractivity contribution is -0.131. The molecule has 0 saturated heterocycles. The van der Waals surface area contributed by atoms with Gasteiger partial charge in [-0.2, -0.15) is 0 Å². The normalized spacial score (nSPS) is 11.2. The Morgan fingerprint density at radius 1 is 1.08 bits per heavy atom. The average molecular weight is 362 g/mol. The Bertz CT molecular complexity index is 906. The van der Waals surface area contributed by atoms with E-state index < -0.39 is 21.9 Å². The third kappa shape index (κ3) is 5.39. The van der Waals surface area contributed by atoms with Gasteiger partial charge in [-0.05, 0) is 36.8 Å². The van der Waals surface area contributed by atoms with Gasteiger partial charge in [0.05, 0.1) is 4.90 Å². The van der Waals surface area contributed by atoms with Crippen LogP contribution in [0.4, 0.5) is 11.6 Å². The minimum atomic E-state index is -3.87. The van der Waals surface area contributed by atoms with Gasteiger partial charge in [0.2, 0.25) is 11.9 Å². The molecule has 9 nitrogen and oxygen atoms in total. The number of anilines is 2. The van der Waals surface area contributed by atoms with Crippen LogP contribution in [0.25, 0.3) is 0 Å². The van der Waals surface area contributed by atoms with Crippen molar-refractivity contribution in [3.63, 3.8) is 0 Å². The highest BCUT2D eigenvalue weighted by molar-refractivity contribution is 7.92. The zero-order chi connectivity index (χ0) is 18.4. The molecular weight excluding hydrogens is 348 g/mol. The van der Waals surface area contributed by atoms with Gasteiger partial charge in [-0.1, -0.05) is 0 Å². The monoisotopic (exact) mass is 362 g/mol. The average Bonchev–Trinajstić information content (AvgIpc) is 2.55. The van der Waals surface area contributed by atoms with Crippen molar-refractivity contribution < 1.29 is 23.1 Å². The minimum absolute atomic E-state index is 0.0456. The molecule has 1 aromatic carbocycles. The van der Waals surface area contributed by atoms with Crippen LogP contribution in [0.1, 0.15) is 5.56 Å². The van der Waals surface area contributed by atoms with Crippen molar-refractivity contribution in [2.24, 2.45) is 0 Å². The molecule has 0 aliphatic rings. The Hall–Kier alpha value is -3.27. The number of rotatable bonds is 6. The van der Waals surface area contributed by atoms with Crippen molar-refractivity contribution in [3.05, 3.63) is 54.4 Å². The smallest absolute Gasteiger partial charge is 0.328 e. The summed E-state index contributed by atoms with van der Waals surface area (Å²) in [6.07, 6.45) is 4.51. The van der Waals surface area contributed by atoms with Gasteiger partial charge in [0.1, 0.15) is 0 Å². The Morgan fingerprint density at radius 3 is 2.24 bits per heavy atom. The van der Waals surface area contributed by atoms with E-state index in [2.05, 4.69) is 20.0 Å². The Kier molecular flexibility index (Phi) is 5.45. The topological polar surface area (TPSA) is 138 Å². The first-order valence-corrected chi connectivity index (χ1v) is 8.38. The van der Waals surface area contributed by atoms with Gasteiger partial charge in [0.25, 0.3) is 10.0 Å². The zero-order valence-electron chi connectivity index (χ0n) is 13.0. The third-order valence-corrected chi connectivity index (χ3v) is 4.16. The first-order chi connectivity index (χ1) is 11.8. The molecule has 1 aromatic heterocycles. The van der Waals surface area contributed by atoms with Crippen LogP contribution >= 0.6 is 0 Å². The molecule has 3 N–H and O–H groups in total. The maximum absolute atomic E-state index is 12.2. The number of carbonyl (C=O) groups excluding carboxylic acids is 1. The molecule has 0 aliphatic heterocycles. The second-order valence-corrected chi connectivity index (χ2v) is 6.56. The Balaban J connectivity index is 2.09. The van der Waals surface area contributed by atoms with Crippen molar-refractivity contribution in [2.75, 3.05) is 10.0 Å². The first kappa shape index (κ1) is 18.1. The highest BCUT2D eigenvalue weighted by Crippen LogP contribution is 2.16. The van der Waals surface area contributed by atoms with E-state index in [1.165, 1.54) is 36.7 Å². The van der Waals surface area contributed by atoms with Crippen LogP contribution in [-0.4, -0.2) is 35.4 Å². The predicted molar refractivity (Wildman–Crippen MR) is 89.4 cm³/mol. The number of nitrogens with zero attached hydrogens (tertiary/aromatic N) is 2. The van der Waals surface area contributed by atoms with Crippen LogP contribution in [0.2, 0.25) is 0 Å². The highest BCUT2D eigenvalue weighted by atomic mass is 32.2. The number of aliphatic carboxylic acids is 1. The number of aryl methyl sites for hydroxylation is 1. The van der Waals surface area contributed by atoms with Gasteiger partial charge in [-0.3, -0.25) is 4.79 Å². The quantitative estimate of drug-likeness (QED) is 0.655. The van der Waals surface area contributed by atoms with Crippen LogP contribution < -0.4 is 10.0 Å². The van der Waals surface area contributed by atoms with Crippen LogP contribution in [0.5, 0.6) is 0 Å². The predicted octanol–water partition coefficient (Wildman–Crippen LogP) is 1.17. The molecule has 0 aliphatic carbocycles. The Morgan fingerprint density at radius 2 is 1.68 bits per heavy atom. The molecule has 25 heavy (non-hydrogen) atoms. The van der Waals surface area contributed by atoms with E-state index in [0.29, 0.717) is 11.8 Å². The number of amides is 1. The van der Waals surface area contributed by atoms with E-state index in [1.807, 2.05) is 0 Å². The summed E-state index contributed by atoms with van der Waals surface area (Å²) in [7, 11) is -3.87. The number of benzene rings is 1. The summed E-state index contributed by atoms with van der Waals surface area (Å²) in [5.41, 5.74) is 1.10. The molecule has 10 heteroatoms. The van der Waals surface area contributed by atoms with E-state index in [1.54, 1.807) is 6.92 Å². The number of carboxylic acids is 1. The van der Waals surface area contributed by atoms with E-state index in [9.17, 15) is 18.0 Å². The summed E-state index contributed by atoms with van der Waals surface area (Å²) in [6, 6.07) is 5.31. The summed E-state index contributed by atoms with van der Waals surface area (Å²) >= 11 is 0. The molecule has 0 radical (unpaired) electrons. The van der Waals surface area contributed by atoms with E-state index >= 15 is 0 Å². The second kappa shape index (κ2) is 7.53. The van der Waals surface area contributed by atoms with Gasteiger partial charge in [0, 0.05) is 30.2 Å². The Labute approximate surface area is 143 Å². The summed E-state index contributed by atoms with van der Waals surface area (Å²) in [4.78, 5) is 29.5. The maximum Gasteiger partial charge on any atom is 0.328 e. The fourth-order valence-corrected chi connectivity index (χ4v) is 2.63. The maximum atomic E-state index is 12.2. The lowest BCUT2D eigenvalue weighted by Crippen LogP contribution is -2.15. The molecule has 0 spiro atoms. The molecule has 2 aromatic rings.